The van der Waals surface area contributed by atoms with E-state index in [2.05, 4.69) is 21.5 Å². The standard InChI is InChI=1S/C34H54BN9O12.Cu/c1-24(34(54)44-11-3-4-27(44)35(55)56)37-33(53)25-6-8-26(9-7-25)38-39-28(45)5-2-10-36-29(46)20-40-12-14-41(21-30(47)48)16-18-43(23-32(51)52)19-17-42(15-13-40)22-31(49)50;/h6-9,24,27,38,55-56H,2-5,10-23H2,1H3,(H,36,46)(H,37,53)(H,39,45)(H,47,48)(H,49,50)(H,51,52);/t24-,27+;/m1./s1. The monoisotopic (exact) mass is 854 g/mol. The van der Waals surface area contributed by atoms with E-state index in [1.54, 1.807) is 31.7 Å². The second-order valence-corrected chi connectivity index (χ2v) is 13.8. The number of benzene rings is 1. The number of carbonyl (C=O) groups excluding carboxylic acids is 4. The Labute approximate surface area is 341 Å². The quantitative estimate of drug-likeness (QED) is 0.0396. The van der Waals surface area contributed by atoms with Crippen molar-refractivity contribution in [3.63, 3.8) is 0 Å². The van der Waals surface area contributed by atoms with Gasteiger partial charge in [-0.05, 0) is 50.5 Å². The Morgan fingerprint density at radius 2 is 1.19 bits per heavy atom. The van der Waals surface area contributed by atoms with E-state index in [4.69, 9.17) is 0 Å². The minimum absolute atomic E-state index is 0. The summed E-state index contributed by atoms with van der Waals surface area (Å²) in [6.45, 7) is 3.45. The largest absolute Gasteiger partial charge is 0.480 e. The summed E-state index contributed by atoms with van der Waals surface area (Å²) >= 11 is 0. The topological polar surface area (TPSA) is 285 Å². The SMILES string of the molecule is C[C@@H](NC(=O)c1ccc(NNC(=O)CCCNC(=O)CN2CCN(CC(=O)O)CCN(CC(=O)O)CCN(CC(=O)O)CC2)cc1)C(=O)N1CCC[C@H]1B(O)O.[Cu]. The normalized spacial score (nSPS) is 18.2. The van der Waals surface area contributed by atoms with E-state index in [1.807, 2.05) is 0 Å². The molecule has 23 heteroatoms. The first-order valence-corrected chi connectivity index (χ1v) is 18.5. The fraction of sp³-hybridized carbons (Fsp3) is 0.618. The summed E-state index contributed by atoms with van der Waals surface area (Å²) in [5.41, 5.74) is 6.05. The van der Waals surface area contributed by atoms with Crippen LogP contribution in [0.1, 0.15) is 43.0 Å². The number of likely N-dealkylation sites (tertiary alicyclic amines) is 1. The van der Waals surface area contributed by atoms with Gasteiger partial charge in [0.25, 0.3) is 5.91 Å². The number of nitrogens with zero attached hydrogens (tertiary/aromatic N) is 5. The number of carboxylic acid groups (broad SMARTS) is 3. The van der Waals surface area contributed by atoms with Crippen molar-refractivity contribution in [2.45, 2.75) is 44.6 Å². The van der Waals surface area contributed by atoms with Crippen LogP contribution in [0.4, 0.5) is 5.69 Å². The van der Waals surface area contributed by atoms with E-state index in [1.165, 1.54) is 24.0 Å². The van der Waals surface area contributed by atoms with Crippen molar-refractivity contribution in [2.24, 2.45) is 0 Å². The van der Waals surface area contributed by atoms with E-state index < -0.39 is 48.8 Å². The molecule has 3 rings (SSSR count). The Balaban J connectivity index is 0.0000112. The minimum Gasteiger partial charge on any atom is -0.480 e. The molecule has 2 saturated heterocycles. The van der Waals surface area contributed by atoms with Crippen molar-refractivity contribution < 1.29 is 76.0 Å². The maximum Gasteiger partial charge on any atom is 0.475 e. The molecule has 2 fully saturated rings. The number of hydrogen-bond donors (Lipinski definition) is 9. The number of hydrazine groups is 1. The zero-order valence-electron chi connectivity index (χ0n) is 31.9. The third kappa shape index (κ3) is 18.2. The second-order valence-electron chi connectivity index (χ2n) is 13.8. The van der Waals surface area contributed by atoms with E-state index in [-0.39, 0.29) is 113 Å². The maximum absolute atomic E-state index is 12.9. The summed E-state index contributed by atoms with van der Waals surface area (Å²) in [5.74, 6) is -5.45. The fourth-order valence-electron chi connectivity index (χ4n) is 6.40. The smallest absolute Gasteiger partial charge is 0.475 e. The van der Waals surface area contributed by atoms with Crippen LogP contribution in [0.15, 0.2) is 24.3 Å². The molecule has 9 N–H and O–H groups in total. The van der Waals surface area contributed by atoms with E-state index in [9.17, 15) is 58.9 Å². The number of rotatable bonds is 18. The molecule has 1 radical (unpaired) electrons. The molecule has 1 aromatic rings. The van der Waals surface area contributed by atoms with Gasteiger partial charge >= 0.3 is 25.0 Å². The predicted octanol–water partition coefficient (Wildman–Crippen LogP) is -3.38. The van der Waals surface area contributed by atoms with Crippen molar-refractivity contribution >= 4 is 54.3 Å². The first-order chi connectivity index (χ1) is 26.6. The van der Waals surface area contributed by atoms with Gasteiger partial charge in [0.05, 0.1) is 37.8 Å². The summed E-state index contributed by atoms with van der Waals surface area (Å²) in [6, 6.07) is 5.26. The van der Waals surface area contributed by atoms with Gasteiger partial charge in [-0.2, -0.15) is 0 Å². The van der Waals surface area contributed by atoms with Gasteiger partial charge < -0.3 is 40.9 Å². The molecule has 0 unspecified atom stereocenters. The van der Waals surface area contributed by atoms with Gasteiger partial charge in [0.1, 0.15) is 6.04 Å². The van der Waals surface area contributed by atoms with Crippen molar-refractivity contribution in [1.82, 2.24) is 40.6 Å². The van der Waals surface area contributed by atoms with Gasteiger partial charge in [-0.3, -0.25) is 64.0 Å². The van der Waals surface area contributed by atoms with Gasteiger partial charge in [0, 0.05) is 94.5 Å². The molecule has 0 saturated carbocycles. The molecule has 2 atom stereocenters. The van der Waals surface area contributed by atoms with Gasteiger partial charge in [-0.1, -0.05) is 0 Å². The minimum atomic E-state index is -1.66. The molecule has 0 spiro atoms. The number of hydrogen-bond acceptors (Lipinski definition) is 14. The predicted molar refractivity (Wildman–Crippen MR) is 201 cm³/mol. The van der Waals surface area contributed by atoms with Crippen LogP contribution in [0.25, 0.3) is 0 Å². The molecule has 0 aromatic heterocycles. The summed E-state index contributed by atoms with van der Waals surface area (Å²) in [7, 11) is -1.66. The number of nitrogens with one attached hydrogen (secondary N) is 4. The van der Waals surface area contributed by atoms with Gasteiger partial charge in [0.2, 0.25) is 17.7 Å². The molecule has 0 aliphatic carbocycles. The van der Waals surface area contributed by atoms with E-state index in [0.717, 1.165) is 0 Å². The Morgan fingerprint density at radius 3 is 1.65 bits per heavy atom. The van der Waals surface area contributed by atoms with Crippen molar-refractivity contribution in [3.05, 3.63) is 29.8 Å². The van der Waals surface area contributed by atoms with Gasteiger partial charge in [-0.15, -0.1) is 0 Å². The molecule has 2 heterocycles. The first-order valence-electron chi connectivity index (χ1n) is 18.5. The van der Waals surface area contributed by atoms with Crippen molar-refractivity contribution in [3.8, 4) is 0 Å². The van der Waals surface area contributed by atoms with Crippen molar-refractivity contribution in [2.75, 3.05) is 97.1 Å². The maximum atomic E-state index is 12.9. The Morgan fingerprint density at radius 1 is 0.719 bits per heavy atom. The number of anilines is 1. The molecule has 321 valence electrons. The average molecular weight is 855 g/mol. The average Bonchev–Trinajstić information content (AvgIpc) is 3.63. The van der Waals surface area contributed by atoms with Crippen LogP contribution in [-0.2, 0) is 45.8 Å². The molecule has 57 heavy (non-hydrogen) atoms. The zero-order chi connectivity index (χ0) is 41.2. The summed E-state index contributed by atoms with van der Waals surface area (Å²) < 4.78 is 0. The fourth-order valence-corrected chi connectivity index (χ4v) is 6.40. The Bertz CT molecular complexity index is 1480. The number of carbonyl (C=O) groups is 7. The molecular weight excluding hydrogens is 801 g/mol. The molecule has 2 aliphatic heterocycles. The summed E-state index contributed by atoms with van der Waals surface area (Å²) in [4.78, 5) is 93.3. The van der Waals surface area contributed by atoms with Crippen LogP contribution in [0.5, 0.6) is 0 Å². The van der Waals surface area contributed by atoms with E-state index >= 15 is 0 Å². The molecule has 21 nitrogen and oxygen atoms in total. The molecule has 2 aliphatic rings. The molecule has 1 aromatic carbocycles. The number of aliphatic carboxylic acids is 3. The number of carboxylic acids is 3. The molecule has 0 bridgehead atoms. The summed E-state index contributed by atoms with van der Waals surface area (Å²) in [5, 5.41) is 52.6. The summed E-state index contributed by atoms with van der Waals surface area (Å²) in [6.07, 6.45) is 1.48. The Hall–Kier alpha value is -4.35. The third-order valence-electron chi connectivity index (χ3n) is 9.41. The van der Waals surface area contributed by atoms with Crippen LogP contribution in [0.2, 0.25) is 0 Å². The van der Waals surface area contributed by atoms with Crippen LogP contribution in [0.3, 0.4) is 0 Å². The first kappa shape index (κ1) is 48.8. The molecule has 4 amide bonds. The van der Waals surface area contributed by atoms with E-state index in [0.29, 0.717) is 44.6 Å². The van der Waals surface area contributed by atoms with Crippen molar-refractivity contribution in [1.29, 1.82) is 0 Å². The van der Waals surface area contributed by atoms with Gasteiger partial charge in [0.15, 0.2) is 0 Å². The Kier molecular flexibility index (Phi) is 21.5. The molecular formula is C34H54BCuN9O12. The van der Waals surface area contributed by atoms with Gasteiger partial charge in [-0.25, -0.2) is 0 Å². The van der Waals surface area contributed by atoms with Crippen LogP contribution in [-0.4, -0.2) is 202 Å². The zero-order valence-corrected chi connectivity index (χ0v) is 32.8. The van der Waals surface area contributed by atoms with Crippen LogP contribution < -0.4 is 21.5 Å². The van der Waals surface area contributed by atoms with Crippen LogP contribution in [0, 0.1) is 0 Å². The third-order valence-corrected chi connectivity index (χ3v) is 9.41. The van der Waals surface area contributed by atoms with Crippen LogP contribution >= 0.6 is 0 Å². The second kappa shape index (κ2) is 25.1. The number of amides is 4.